The second kappa shape index (κ2) is 4.30. The Kier molecular flexibility index (Phi) is 2.71. The molecule has 1 aromatic heterocycles. The molecule has 0 unspecified atom stereocenters. The molecule has 3 rings (SSSR count). The van der Waals surface area contributed by atoms with Gasteiger partial charge < -0.3 is 4.57 Å². The predicted molar refractivity (Wildman–Crippen MR) is 75.6 cm³/mol. The summed E-state index contributed by atoms with van der Waals surface area (Å²) in [6.07, 6.45) is 7.45. The van der Waals surface area contributed by atoms with Crippen molar-refractivity contribution in [3.8, 4) is 0 Å². The van der Waals surface area contributed by atoms with Crippen LogP contribution < -0.4 is 0 Å². The van der Waals surface area contributed by atoms with Gasteiger partial charge in [-0.2, -0.15) is 0 Å². The Labute approximate surface area is 115 Å². The fourth-order valence-corrected chi connectivity index (χ4v) is 2.52. The highest BCUT2D eigenvalue weighted by molar-refractivity contribution is 5.87. The second-order valence-corrected chi connectivity index (χ2v) is 5.23. The van der Waals surface area contributed by atoms with Crippen molar-refractivity contribution in [2.45, 2.75) is 25.3 Å². The maximum Gasteiger partial charge on any atom is 0.270 e. The molecule has 5 heteroatoms. The Morgan fingerprint density at radius 1 is 1.40 bits per heavy atom. The van der Waals surface area contributed by atoms with Crippen molar-refractivity contribution >= 4 is 22.4 Å². The average Bonchev–Trinajstić information content (AvgIpc) is 3.08. The van der Waals surface area contributed by atoms with Crippen LogP contribution in [0.25, 0.3) is 10.9 Å². The van der Waals surface area contributed by atoms with Crippen molar-refractivity contribution in [2.24, 2.45) is 0 Å². The van der Waals surface area contributed by atoms with Gasteiger partial charge in [-0.25, -0.2) is 0 Å². The van der Waals surface area contributed by atoms with Crippen LogP contribution in [0.4, 0.5) is 5.69 Å². The van der Waals surface area contributed by atoms with Gasteiger partial charge in [0.1, 0.15) is 0 Å². The van der Waals surface area contributed by atoms with E-state index < -0.39 is 0 Å². The van der Waals surface area contributed by atoms with Gasteiger partial charge in [-0.3, -0.25) is 14.9 Å². The number of hydrogen-bond acceptors (Lipinski definition) is 3. The van der Waals surface area contributed by atoms with E-state index in [0.29, 0.717) is 0 Å². The summed E-state index contributed by atoms with van der Waals surface area (Å²) >= 11 is 0. The summed E-state index contributed by atoms with van der Waals surface area (Å²) in [5, 5.41) is 11.6. The van der Waals surface area contributed by atoms with E-state index in [1.807, 2.05) is 18.3 Å². The first-order valence-corrected chi connectivity index (χ1v) is 6.48. The number of benzene rings is 1. The van der Waals surface area contributed by atoms with Crippen LogP contribution in [0.2, 0.25) is 0 Å². The smallest absolute Gasteiger partial charge is 0.270 e. The number of nitrogens with zero attached hydrogens (tertiary/aromatic N) is 2. The zero-order valence-electron chi connectivity index (χ0n) is 11.1. The Morgan fingerprint density at radius 2 is 2.15 bits per heavy atom. The van der Waals surface area contributed by atoms with E-state index in [9.17, 15) is 14.9 Å². The molecule has 0 atom stereocenters. The highest BCUT2D eigenvalue weighted by atomic mass is 16.6. The van der Waals surface area contributed by atoms with E-state index in [0.717, 1.165) is 23.7 Å². The molecular formula is C15H14N2O3. The lowest BCUT2D eigenvalue weighted by atomic mass is 10.2. The first-order valence-electron chi connectivity index (χ1n) is 6.48. The van der Waals surface area contributed by atoms with Crippen LogP contribution in [-0.2, 0) is 10.3 Å². The van der Waals surface area contributed by atoms with Gasteiger partial charge in [-0.05, 0) is 38.0 Å². The Hall–Kier alpha value is -2.43. The van der Waals surface area contributed by atoms with Crippen molar-refractivity contribution in [1.29, 1.82) is 0 Å². The standard InChI is InChI=1S/C15H14N2O3/c1-11(18)4-6-15(7-8-15)16-9-5-12-10-13(17(19)20)2-3-14(12)16/h2-6,9-10H,7-8H2,1H3/b6-4+. The molecule has 1 aliphatic carbocycles. The van der Waals surface area contributed by atoms with Gasteiger partial charge >= 0.3 is 0 Å². The summed E-state index contributed by atoms with van der Waals surface area (Å²) in [6, 6.07) is 6.75. The minimum Gasteiger partial charge on any atom is -0.338 e. The number of hydrogen-bond donors (Lipinski definition) is 0. The highest BCUT2D eigenvalue weighted by Gasteiger charge is 2.42. The molecule has 1 fully saturated rings. The summed E-state index contributed by atoms with van der Waals surface area (Å²) in [6.45, 7) is 1.53. The molecule has 0 amide bonds. The second-order valence-electron chi connectivity index (χ2n) is 5.23. The first kappa shape index (κ1) is 12.6. The largest absolute Gasteiger partial charge is 0.338 e. The molecule has 0 spiro atoms. The topological polar surface area (TPSA) is 65.1 Å². The Bertz CT molecular complexity index is 739. The molecule has 0 bridgehead atoms. The molecular weight excluding hydrogens is 256 g/mol. The number of carbonyl (C=O) groups is 1. The third-order valence-corrected chi connectivity index (χ3v) is 3.75. The van der Waals surface area contributed by atoms with E-state index in [1.165, 1.54) is 13.0 Å². The zero-order chi connectivity index (χ0) is 14.3. The summed E-state index contributed by atoms with van der Waals surface area (Å²) in [4.78, 5) is 21.5. The van der Waals surface area contributed by atoms with Crippen LogP contribution in [0.3, 0.4) is 0 Å². The number of fused-ring (bicyclic) bond motifs is 1. The number of allylic oxidation sites excluding steroid dienone is 2. The average molecular weight is 270 g/mol. The number of rotatable bonds is 4. The molecule has 0 radical (unpaired) electrons. The number of non-ortho nitro benzene ring substituents is 1. The van der Waals surface area contributed by atoms with E-state index in [1.54, 1.807) is 18.2 Å². The lowest BCUT2D eigenvalue weighted by Gasteiger charge is -2.14. The van der Waals surface area contributed by atoms with Crippen LogP contribution in [-0.4, -0.2) is 15.3 Å². The van der Waals surface area contributed by atoms with Crippen LogP contribution >= 0.6 is 0 Å². The maximum atomic E-state index is 11.1. The minimum absolute atomic E-state index is 0.0309. The summed E-state index contributed by atoms with van der Waals surface area (Å²) in [5.74, 6) is 0.0309. The van der Waals surface area contributed by atoms with E-state index in [-0.39, 0.29) is 21.9 Å². The highest BCUT2D eigenvalue weighted by Crippen LogP contribution is 2.47. The first-order chi connectivity index (χ1) is 9.52. The van der Waals surface area contributed by atoms with E-state index >= 15 is 0 Å². The maximum absolute atomic E-state index is 11.1. The molecule has 1 saturated carbocycles. The monoisotopic (exact) mass is 270 g/mol. The predicted octanol–water partition coefficient (Wildman–Crippen LogP) is 3.18. The fraction of sp³-hybridized carbons (Fsp3) is 0.267. The molecule has 1 heterocycles. The zero-order valence-corrected chi connectivity index (χ0v) is 11.1. The molecule has 0 N–H and O–H groups in total. The van der Waals surface area contributed by atoms with Gasteiger partial charge in [-0.15, -0.1) is 0 Å². The number of nitro benzene ring substituents is 1. The molecule has 0 saturated heterocycles. The molecule has 102 valence electrons. The van der Waals surface area contributed by atoms with Gasteiger partial charge in [0.05, 0.1) is 10.5 Å². The number of nitro groups is 1. The van der Waals surface area contributed by atoms with Crippen molar-refractivity contribution in [2.75, 3.05) is 0 Å². The molecule has 5 nitrogen and oxygen atoms in total. The van der Waals surface area contributed by atoms with Gasteiger partial charge in [-0.1, -0.05) is 6.08 Å². The fourth-order valence-electron chi connectivity index (χ4n) is 2.52. The quantitative estimate of drug-likeness (QED) is 0.487. The number of carbonyl (C=O) groups excluding carboxylic acids is 1. The van der Waals surface area contributed by atoms with Gasteiger partial charge in [0.2, 0.25) is 0 Å². The molecule has 1 aliphatic rings. The summed E-state index contributed by atoms with van der Waals surface area (Å²) in [5.41, 5.74) is 0.921. The van der Waals surface area contributed by atoms with E-state index in [4.69, 9.17) is 0 Å². The van der Waals surface area contributed by atoms with Gasteiger partial charge in [0, 0.05) is 29.2 Å². The summed E-state index contributed by atoms with van der Waals surface area (Å²) < 4.78 is 2.10. The lowest BCUT2D eigenvalue weighted by Crippen LogP contribution is -2.12. The minimum atomic E-state index is -0.390. The summed E-state index contributed by atoms with van der Waals surface area (Å²) in [7, 11) is 0. The molecule has 2 aromatic rings. The SMILES string of the molecule is CC(=O)/C=C/C1(n2ccc3cc([N+](=O)[O-])ccc32)CC1. The van der Waals surface area contributed by atoms with Crippen molar-refractivity contribution in [1.82, 2.24) is 4.57 Å². The van der Waals surface area contributed by atoms with Crippen molar-refractivity contribution < 1.29 is 9.72 Å². The van der Waals surface area contributed by atoms with E-state index in [2.05, 4.69) is 4.57 Å². The van der Waals surface area contributed by atoms with Crippen LogP contribution in [0.5, 0.6) is 0 Å². The Morgan fingerprint density at radius 3 is 2.75 bits per heavy atom. The van der Waals surface area contributed by atoms with Crippen LogP contribution in [0.1, 0.15) is 19.8 Å². The molecule has 1 aromatic carbocycles. The molecule has 20 heavy (non-hydrogen) atoms. The van der Waals surface area contributed by atoms with Gasteiger partial charge in [0.15, 0.2) is 5.78 Å². The lowest BCUT2D eigenvalue weighted by molar-refractivity contribution is -0.384. The number of aromatic nitrogens is 1. The van der Waals surface area contributed by atoms with Crippen molar-refractivity contribution in [3.63, 3.8) is 0 Å². The van der Waals surface area contributed by atoms with Crippen LogP contribution in [0, 0.1) is 10.1 Å². The van der Waals surface area contributed by atoms with Gasteiger partial charge in [0.25, 0.3) is 5.69 Å². The van der Waals surface area contributed by atoms with Crippen molar-refractivity contribution in [3.05, 3.63) is 52.7 Å². The number of ketones is 1. The third kappa shape index (κ3) is 2.01. The van der Waals surface area contributed by atoms with Crippen LogP contribution in [0.15, 0.2) is 42.6 Å². The normalized spacial score (nSPS) is 16.6. The Balaban J connectivity index is 2.05. The molecule has 0 aliphatic heterocycles. The third-order valence-electron chi connectivity index (χ3n) is 3.75.